The monoisotopic (exact) mass is 436 g/mol. The Morgan fingerprint density at radius 3 is 2.97 bits per heavy atom. The average molecular weight is 437 g/mol. The van der Waals surface area contributed by atoms with Gasteiger partial charge in [-0.3, -0.25) is 4.79 Å². The largest absolute Gasteiger partial charge is 0.394 e. The van der Waals surface area contributed by atoms with Crippen LogP contribution in [0.2, 0.25) is 0 Å². The number of aromatic amines is 1. The van der Waals surface area contributed by atoms with Gasteiger partial charge in [0.2, 0.25) is 6.41 Å². The van der Waals surface area contributed by atoms with E-state index in [1.54, 1.807) is 23.9 Å². The fourth-order valence-corrected chi connectivity index (χ4v) is 3.92. The lowest BCUT2D eigenvalue weighted by Crippen LogP contribution is -2.02. The number of hydrogen-bond donors (Lipinski definition) is 4. The van der Waals surface area contributed by atoms with E-state index >= 15 is 0 Å². The fourth-order valence-electron chi connectivity index (χ4n) is 2.79. The number of aromatic nitrogens is 4. The Labute approximate surface area is 184 Å². The topological polar surface area (TPSA) is 120 Å². The number of fused-ring (bicyclic) bond motifs is 1. The maximum Gasteiger partial charge on any atom is 0.227 e. The van der Waals surface area contributed by atoms with Crippen molar-refractivity contribution < 1.29 is 4.79 Å². The highest BCUT2D eigenvalue weighted by atomic mass is 32.1. The van der Waals surface area contributed by atoms with Crippen LogP contribution in [0.1, 0.15) is 15.6 Å². The third-order valence-electron chi connectivity index (χ3n) is 4.24. The summed E-state index contributed by atoms with van der Waals surface area (Å²) in [5.74, 6) is 0.741. The number of imidazole rings is 1. The number of allylic oxidation sites excluding steroid dienone is 4. The van der Waals surface area contributed by atoms with Crippen molar-refractivity contribution in [3.8, 4) is 0 Å². The molecule has 3 rings (SSSR count). The average Bonchev–Trinajstić information content (AvgIpc) is 3.40. The molecule has 1 amide bonds. The number of hydrazone groups is 1. The Morgan fingerprint density at radius 1 is 1.32 bits per heavy atom. The lowest BCUT2D eigenvalue weighted by molar-refractivity contribution is -0.109. The molecule has 10 heteroatoms. The van der Waals surface area contributed by atoms with Crippen LogP contribution in [0, 0.1) is 0 Å². The maximum absolute atomic E-state index is 10.6. The zero-order valence-electron chi connectivity index (χ0n) is 17.3. The van der Waals surface area contributed by atoms with Crippen LogP contribution in [0.5, 0.6) is 0 Å². The molecular formula is C21H24N8OS. The number of amides is 1. The molecule has 9 nitrogen and oxygen atoms in total. The van der Waals surface area contributed by atoms with E-state index in [-0.39, 0.29) is 0 Å². The van der Waals surface area contributed by atoms with Gasteiger partial charge in [-0.2, -0.15) is 5.10 Å². The van der Waals surface area contributed by atoms with Gasteiger partial charge in [-0.05, 0) is 30.0 Å². The molecule has 0 radical (unpaired) electrons. The molecule has 3 aromatic heterocycles. The highest BCUT2D eigenvalue weighted by Gasteiger charge is 2.14. The number of carbonyl (C=O) groups is 1. The Hall–Kier alpha value is -3.79. The Morgan fingerprint density at radius 2 is 2.19 bits per heavy atom. The highest BCUT2D eigenvalue weighted by molar-refractivity contribution is 7.13. The van der Waals surface area contributed by atoms with Crippen LogP contribution < -0.4 is 16.1 Å². The summed E-state index contributed by atoms with van der Waals surface area (Å²) in [6.45, 7) is 4.07. The standard InChI is InChI=1S/C21H24N8OS/c1-14(8-9-22-2)10-18-29-21(23-3)19(31-18)15(11-26-27-13-30)4-5-16-6-7-17-20(28-16)25-12-24-17/h4,6-9,11-13,22-23H,1,5,10H2,2-3H3,(H,27,30)(H,24,25,28)/b9-8-,15-4+,26-11-. The molecule has 0 aliphatic carbocycles. The lowest BCUT2D eigenvalue weighted by Gasteiger charge is -2.03. The summed E-state index contributed by atoms with van der Waals surface area (Å²) in [5, 5.41) is 11.0. The Balaban J connectivity index is 1.89. The second-order valence-electron chi connectivity index (χ2n) is 6.44. The molecule has 0 aliphatic rings. The minimum Gasteiger partial charge on any atom is -0.394 e. The summed E-state index contributed by atoms with van der Waals surface area (Å²) >= 11 is 1.55. The maximum atomic E-state index is 10.6. The van der Waals surface area contributed by atoms with Crippen molar-refractivity contribution in [3.05, 3.63) is 64.5 Å². The van der Waals surface area contributed by atoms with E-state index in [9.17, 15) is 4.79 Å². The second-order valence-corrected chi connectivity index (χ2v) is 7.52. The van der Waals surface area contributed by atoms with Gasteiger partial charge in [0.15, 0.2) is 5.65 Å². The molecular weight excluding hydrogens is 412 g/mol. The molecule has 0 aliphatic heterocycles. The quantitative estimate of drug-likeness (QED) is 0.159. The van der Waals surface area contributed by atoms with Crippen LogP contribution in [-0.2, 0) is 17.6 Å². The summed E-state index contributed by atoms with van der Waals surface area (Å²) in [4.78, 5) is 28.0. The van der Waals surface area contributed by atoms with Gasteiger partial charge in [0.1, 0.15) is 5.82 Å². The first-order valence-corrected chi connectivity index (χ1v) is 10.4. The number of nitrogens with one attached hydrogen (secondary N) is 4. The van der Waals surface area contributed by atoms with Crippen LogP contribution in [0.3, 0.4) is 0 Å². The van der Waals surface area contributed by atoms with Crippen LogP contribution in [0.15, 0.2) is 54.1 Å². The van der Waals surface area contributed by atoms with E-state index in [2.05, 4.69) is 47.7 Å². The molecule has 0 fully saturated rings. The van der Waals surface area contributed by atoms with Crippen molar-refractivity contribution in [2.24, 2.45) is 5.10 Å². The van der Waals surface area contributed by atoms with Crippen LogP contribution in [0.4, 0.5) is 5.82 Å². The predicted molar refractivity (Wildman–Crippen MR) is 126 cm³/mol. The van der Waals surface area contributed by atoms with Gasteiger partial charge in [0, 0.05) is 38.2 Å². The first-order chi connectivity index (χ1) is 15.1. The van der Waals surface area contributed by atoms with Crippen LogP contribution in [-0.4, -0.2) is 46.7 Å². The highest BCUT2D eigenvalue weighted by Crippen LogP contribution is 2.31. The molecule has 0 saturated heterocycles. The molecule has 0 atom stereocenters. The first-order valence-electron chi connectivity index (χ1n) is 9.55. The van der Waals surface area contributed by atoms with E-state index < -0.39 is 0 Å². The Kier molecular flexibility index (Phi) is 7.66. The summed E-state index contributed by atoms with van der Waals surface area (Å²) in [6, 6.07) is 3.90. The van der Waals surface area contributed by atoms with Crippen molar-refractivity contribution in [2.45, 2.75) is 12.8 Å². The van der Waals surface area contributed by atoms with Gasteiger partial charge in [-0.15, -0.1) is 11.3 Å². The van der Waals surface area contributed by atoms with E-state index in [1.165, 1.54) is 0 Å². The zero-order chi connectivity index (χ0) is 22.1. The second kappa shape index (κ2) is 10.8. The fraction of sp³-hybridized carbons (Fsp3) is 0.190. The Bertz CT molecular complexity index is 1140. The molecule has 0 aromatic carbocycles. The molecule has 31 heavy (non-hydrogen) atoms. The number of thiazole rings is 1. The number of anilines is 1. The molecule has 0 spiro atoms. The summed E-state index contributed by atoms with van der Waals surface area (Å²) in [7, 11) is 3.66. The normalized spacial score (nSPS) is 12.0. The summed E-state index contributed by atoms with van der Waals surface area (Å²) in [5.41, 5.74) is 6.52. The third-order valence-corrected chi connectivity index (χ3v) is 5.34. The van der Waals surface area contributed by atoms with Crippen LogP contribution >= 0.6 is 11.3 Å². The van der Waals surface area contributed by atoms with E-state index in [0.717, 1.165) is 38.1 Å². The van der Waals surface area contributed by atoms with Gasteiger partial charge in [-0.1, -0.05) is 12.7 Å². The predicted octanol–water partition coefficient (Wildman–Crippen LogP) is 2.65. The van der Waals surface area contributed by atoms with Gasteiger partial charge < -0.3 is 15.6 Å². The van der Waals surface area contributed by atoms with Gasteiger partial charge in [0.05, 0.1) is 27.9 Å². The van der Waals surface area contributed by atoms with Crippen molar-refractivity contribution >= 4 is 46.5 Å². The number of carbonyl (C=O) groups excluding carboxylic acids is 1. The first kappa shape index (κ1) is 21.9. The SMILES string of the molecule is C=C(/C=C\NC)Cc1nc(NC)c(C(/C=N\NC=O)=C/Cc2ccc3[nH]cnc3n2)s1. The van der Waals surface area contributed by atoms with E-state index in [0.29, 0.717) is 24.9 Å². The van der Waals surface area contributed by atoms with Crippen molar-refractivity contribution in [1.29, 1.82) is 0 Å². The molecule has 160 valence electrons. The van der Waals surface area contributed by atoms with Gasteiger partial charge in [-0.25, -0.2) is 20.4 Å². The van der Waals surface area contributed by atoms with Gasteiger partial charge >= 0.3 is 0 Å². The molecule has 3 aromatic rings. The van der Waals surface area contributed by atoms with Crippen molar-refractivity contribution in [1.82, 2.24) is 30.7 Å². The smallest absolute Gasteiger partial charge is 0.227 e. The lowest BCUT2D eigenvalue weighted by atomic mass is 10.1. The molecule has 0 unspecified atom stereocenters. The molecule has 0 bridgehead atoms. The number of hydrogen-bond acceptors (Lipinski definition) is 8. The number of pyridine rings is 1. The molecule has 3 heterocycles. The van der Waals surface area contributed by atoms with E-state index in [4.69, 9.17) is 0 Å². The number of H-pyrrole nitrogens is 1. The van der Waals surface area contributed by atoms with Crippen molar-refractivity contribution in [3.63, 3.8) is 0 Å². The zero-order valence-corrected chi connectivity index (χ0v) is 18.2. The number of rotatable bonds is 11. The third kappa shape index (κ3) is 5.86. The minimum absolute atomic E-state index is 0.524. The molecule has 0 saturated carbocycles. The van der Waals surface area contributed by atoms with Gasteiger partial charge in [0.25, 0.3) is 0 Å². The van der Waals surface area contributed by atoms with E-state index in [1.807, 2.05) is 44.6 Å². The van der Waals surface area contributed by atoms with Crippen molar-refractivity contribution in [2.75, 3.05) is 19.4 Å². The molecule has 4 N–H and O–H groups in total. The summed E-state index contributed by atoms with van der Waals surface area (Å²) in [6.07, 6.45) is 10.7. The minimum atomic E-state index is 0.524. The van der Waals surface area contributed by atoms with Crippen LogP contribution in [0.25, 0.3) is 16.7 Å². The number of nitrogens with zero attached hydrogens (tertiary/aromatic N) is 4. The summed E-state index contributed by atoms with van der Waals surface area (Å²) < 4.78 is 0.